The predicted molar refractivity (Wildman–Crippen MR) is 45.9 cm³/mol. The van der Waals surface area contributed by atoms with Crippen LogP contribution in [0.4, 0.5) is 26.1 Å². The highest BCUT2D eigenvalue weighted by Gasteiger charge is 2.33. The SMILES string of the molecule is F[B-](F)(F)Cc1ccccc1OC(F)(F)F. The minimum atomic E-state index is -5.20. The summed E-state index contributed by atoms with van der Waals surface area (Å²) in [6.45, 7) is -5.20. The molecule has 0 amide bonds. The average molecular weight is 243 g/mol. The van der Waals surface area contributed by atoms with Crippen LogP contribution in [-0.2, 0) is 6.32 Å². The maximum atomic E-state index is 12.1. The van der Waals surface area contributed by atoms with E-state index in [1.54, 1.807) is 0 Å². The molecular weight excluding hydrogens is 237 g/mol. The summed E-state index contributed by atoms with van der Waals surface area (Å²) < 4.78 is 75.3. The van der Waals surface area contributed by atoms with Gasteiger partial charge in [-0.05, 0) is 11.6 Å². The number of ether oxygens (including phenoxy) is 1. The first kappa shape index (κ1) is 12.7. The van der Waals surface area contributed by atoms with Gasteiger partial charge >= 0.3 is 13.3 Å². The van der Waals surface area contributed by atoms with Gasteiger partial charge in [0.25, 0.3) is 0 Å². The van der Waals surface area contributed by atoms with Gasteiger partial charge in [-0.2, -0.15) is 0 Å². The molecule has 1 nitrogen and oxygen atoms in total. The number of hydrogen-bond donors (Lipinski definition) is 0. The molecule has 0 atom stereocenters. The Hall–Kier alpha value is -1.34. The Kier molecular flexibility index (Phi) is 3.40. The topological polar surface area (TPSA) is 9.23 Å². The second kappa shape index (κ2) is 4.27. The fourth-order valence-corrected chi connectivity index (χ4v) is 1.15. The molecule has 0 aliphatic carbocycles. The van der Waals surface area contributed by atoms with Crippen LogP contribution in [0.25, 0.3) is 0 Å². The van der Waals surface area contributed by atoms with Gasteiger partial charge in [-0.15, -0.1) is 13.2 Å². The molecule has 0 aromatic heterocycles. The molecule has 0 aliphatic rings. The third-order valence-corrected chi connectivity index (χ3v) is 1.65. The first-order valence-electron chi connectivity index (χ1n) is 4.22. The quantitative estimate of drug-likeness (QED) is 0.582. The number of alkyl halides is 3. The molecule has 1 aromatic rings. The number of benzene rings is 1. The van der Waals surface area contributed by atoms with E-state index in [9.17, 15) is 26.1 Å². The first-order valence-corrected chi connectivity index (χ1v) is 4.22. The van der Waals surface area contributed by atoms with Crippen molar-refractivity contribution in [3.8, 4) is 5.75 Å². The molecule has 0 fully saturated rings. The summed E-state index contributed by atoms with van der Waals surface area (Å²) in [5.41, 5.74) is -0.521. The number of rotatable bonds is 3. The van der Waals surface area contributed by atoms with Crippen LogP contribution in [0.5, 0.6) is 5.75 Å². The number of hydrogen-bond acceptors (Lipinski definition) is 1. The van der Waals surface area contributed by atoms with Crippen molar-refractivity contribution in [1.29, 1.82) is 0 Å². The minimum Gasteiger partial charge on any atom is -0.449 e. The second-order valence-corrected chi connectivity index (χ2v) is 3.07. The van der Waals surface area contributed by atoms with Crippen molar-refractivity contribution < 1.29 is 30.9 Å². The summed E-state index contributed by atoms with van der Waals surface area (Å²) in [5, 5.41) is 0. The van der Waals surface area contributed by atoms with Crippen molar-refractivity contribution in [3.05, 3.63) is 29.8 Å². The predicted octanol–water partition coefficient (Wildman–Crippen LogP) is 3.51. The van der Waals surface area contributed by atoms with Gasteiger partial charge in [-0.25, -0.2) is 0 Å². The van der Waals surface area contributed by atoms with Gasteiger partial charge in [0.05, 0.1) is 0 Å². The van der Waals surface area contributed by atoms with E-state index in [-0.39, 0.29) is 0 Å². The van der Waals surface area contributed by atoms with Crippen LogP contribution < -0.4 is 4.74 Å². The largest absolute Gasteiger partial charge is 0.573 e. The Labute approximate surface area is 87.1 Å². The molecule has 1 aromatic carbocycles. The Morgan fingerprint density at radius 2 is 1.62 bits per heavy atom. The van der Waals surface area contributed by atoms with E-state index < -0.39 is 31.0 Å². The lowest BCUT2D eigenvalue weighted by atomic mass is 9.81. The van der Waals surface area contributed by atoms with Gasteiger partial charge in [0.1, 0.15) is 5.75 Å². The lowest BCUT2D eigenvalue weighted by molar-refractivity contribution is -0.274. The maximum Gasteiger partial charge on any atom is 0.573 e. The van der Waals surface area contributed by atoms with Crippen LogP contribution in [0.1, 0.15) is 5.56 Å². The average Bonchev–Trinajstić information content (AvgIpc) is 2.03. The van der Waals surface area contributed by atoms with Crippen molar-refractivity contribution in [2.45, 2.75) is 12.7 Å². The van der Waals surface area contributed by atoms with E-state index >= 15 is 0 Å². The first-order chi connectivity index (χ1) is 7.17. The standard InChI is InChI=1S/C8H6BF6O/c10-8(11,12)16-7-4-2-1-3-6(7)5-9(13,14)15/h1-4H,5H2/q-1. The fraction of sp³-hybridized carbons (Fsp3) is 0.250. The van der Waals surface area contributed by atoms with E-state index in [2.05, 4.69) is 4.74 Å². The number of halogens is 6. The third kappa shape index (κ3) is 4.46. The fourth-order valence-electron chi connectivity index (χ4n) is 1.15. The van der Waals surface area contributed by atoms with Gasteiger partial charge in [0.2, 0.25) is 0 Å². The van der Waals surface area contributed by atoms with E-state index in [4.69, 9.17) is 0 Å². The summed E-state index contributed by atoms with van der Waals surface area (Å²) >= 11 is 0. The van der Waals surface area contributed by atoms with Crippen molar-refractivity contribution in [1.82, 2.24) is 0 Å². The zero-order valence-electron chi connectivity index (χ0n) is 7.77. The highest BCUT2D eigenvalue weighted by atomic mass is 19.4. The molecule has 90 valence electrons. The van der Waals surface area contributed by atoms with Crippen molar-refractivity contribution in [2.24, 2.45) is 0 Å². The van der Waals surface area contributed by atoms with E-state index in [0.717, 1.165) is 12.1 Å². The smallest absolute Gasteiger partial charge is 0.449 e. The highest BCUT2D eigenvalue weighted by molar-refractivity contribution is 6.57. The summed E-state index contributed by atoms with van der Waals surface area (Å²) in [7, 11) is 0. The Bertz CT molecular complexity index is 323. The van der Waals surface area contributed by atoms with E-state index in [0.29, 0.717) is 0 Å². The summed E-state index contributed by atoms with van der Waals surface area (Å²) in [6.07, 6.45) is -6.39. The zero-order chi connectivity index (χ0) is 12.4. The zero-order valence-corrected chi connectivity index (χ0v) is 7.77. The van der Waals surface area contributed by atoms with Crippen LogP contribution >= 0.6 is 0 Å². The van der Waals surface area contributed by atoms with Gasteiger partial charge < -0.3 is 17.7 Å². The van der Waals surface area contributed by atoms with Crippen molar-refractivity contribution in [3.63, 3.8) is 0 Å². The van der Waals surface area contributed by atoms with Crippen LogP contribution in [0.2, 0.25) is 0 Å². The monoisotopic (exact) mass is 243 g/mol. The summed E-state index contributed by atoms with van der Waals surface area (Å²) in [5.74, 6) is -0.811. The van der Waals surface area contributed by atoms with Crippen LogP contribution in [0.3, 0.4) is 0 Å². The highest BCUT2D eigenvalue weighted by Crippen LogP contribution is 2.29. The summed E-state index contributed by atoms with van der Waals surface area (Å²) in [6, 6.07) is 4.20. The number of para-hydroxylation sites is 1. The lowest BCUT2D eigenvalue weighted by Gasteiger charge is -2.17. The molecule has 0 saturated heterocycles. The van der Waals surface area contributed by atoms with Crippen LogP contribution in [0.15, 0.2) is 24.3 Å². The van der Waals surface area contributed by atoms with Crippen molar-refractivity contribution in [2.75, 3.05) is 0 Å². The molecule has 0 aliphatic heterocycles. The van der Waals surface area contributed by atoms with E-state index in [1.807, 2.05) is 0 Å². The van der Waals surface area contributed by atoms with Crippen LogP contribution in [0, 0.1) is 0 Å². The Morgan fingerprint density at radius 1 is 1.06 bits per heavy atom. The van der Waals surface area contributed by atoms with Gasteiger partial charge in [0, 0.05) is 0 Å². The molecule has 8 heteroatoms. The van der Waals surface area contributed by atoms with Gasteiger partial charge in [-0.3, -0.25) is 0 Å². The van der Waals surface area contributed by atoms with E-state index in [1.165, 1.54) is 12.1 Å². The molecule has 0 unspecified atom stereocenters. The normalized spacial score (nSPS) is 12.6. The van der Waals surface area contributed by atoms with Crippen LogP contribution in [-0.4, -0.2) is 13.3 Å². The molecule has 0 N–H and O–H groups in total. The molecule has 1 rings (SSSR count). The van der Waals surface area contributed by atoms with Gasteiger partial charge in [-0.1, -0.05) is 24.5 Å². The molecule has 0 bridgehead atoms. The molecule has 0 radical (unpaired) electrons. The van der Waals surface area contributed by atoms with Gasteiger partial charge in [0.15, 0.2) is 0 Å². The third-order valence-electron chi connectivity index (χ3n) is 1.65. The molecule has 16 heavy (non-hydrogen) atoms. The maximum absolute atomic E-state index is 12.1. The van der Waals surface area contributed by atoms with Crippen molar-refractivity contribution >= 4 is 6.98 Å². The Morgan fingerprint density at radius 3 is 2.12 bits per heavy atom. The minimum absolute atomic E-state index is 0.521. The molecule has 0 saturated carbocycles. The molecular formula is C8H6BF6O-. The molecule has 0 heterocycles. The Balaban J connectivity index is 2.92. The second-order valence-electron chi connectivity index (χ2n) is 3.07. The summed E-state index contributed by atoms with van der Waals surface area (Å²) in [4.78, 5) is 0. The molecule has 0 spiro atoms. The lowest BCUT2D eigenvalue weighted by Crippen LogP contribution is -2.22.